The zero-order valence-corrected chi connectivity index (χ0v) is 45.4. The molecular weight excluding hydrogens is 841 g/mol. The van der Waals surface area contributed by atoms with Crippen LogP contribution in [0.2, 0.25) is 0 Å². The molecule has 0 rings (SSSR count). The second-order valence-electron chi connectivity index (χ2n) is 19.9. The first-order valence-corrected chi connectivity index (χ1v) is 29.6. The van der Waals surface area contributed by atoms with E-state index in [1.807, 2.05) is 0 Å². The number of rotatable bonds is 54. The second kappa shape index (κ2) is 57.0. The molecule has 0 spiro atoms. The first kappa shape index (κ1) is 65.4. The highest BCUT2D eigenvalue weighted by atomic mass is 16.6. The van der Waals surface area contributed by atoms with Crippen LogP contribution in [0.4, 0.5) is 0 Å². The van der Waals surface area contributed by atoms with E-state index in [2.05, 4.69) is 69.4 Å². The van der Waals surface area contributed by atoms with Gasteiger partial charge in [0, 0.05) is 19.3 Å². The fourth-order valence-electron chi connectivity index (χ4n) is 8.67. The Morgan fingerprint density at radius 1 is 0.309 bits per heavy atom. The molecule has 0 heterocycles. The molecule has 6 nitrogen and oxygen atoms in total. The Kier molecular flexibility index (Phi) is 54.8. The minimum absolute atomic E-state index is 0.0693. The molecule has 0 bridgehead atoms. The van der Waals surface area contributed by atoms with Gasteiger partial charge in [0.25, 0.3) is 0 Å². The monoisotopic (exact) mass is 953 g/mol. The van der Waals surface area contributed by atoms with E-state index in [0.29, 0.717) is 19.3 Å². The molecule has 0 aromatic rings. The minimum Gasteiger partial charge on any atom is -0.462 e. The number of allylic oxidation sites excluding steroid dienone is 8. The quantitative estimate of drug-likeness (QED) is 0.0262. The summed E-state index contributed by atoms with van der Waals surface area (Å²) in [6, 6.07) is 0. The normalized spacial score (nSPS) is 12.3. The van der Waals surface area contributed by atoms with Crippen LogP contribution in [0.15, 0.2) is 48.6 Å². The van der Waals surface area contributed by atoms with Crippen LogP contribution in [-0.4, -0.2) is 37.2 Å². The topological polar surface area (TPSA) is 78.9 Å². The van der Waals surface area contributed by atoms with Gasteiger partial charge in [-0.3, -0.25) is 14.4 Å². The third-order valence-electron chi connectivity index (χ3n) is 13.1. The number of unbranched alkanes of at least 4 members (excludes halogenated alkanes) is 35. The Morgan fingerprint density at radius 3 is 0.897 bits per heavy atom. The lowest BCUT2D eigenvalue weighted by Gasteiger charge is -2.18. The van der Waals surface area contributed by atoms with Gasteiger partial charge >= 0.3 is 17.9 Å². The van der Waals surface area contributed by atoms with Gasteiger partial charge in [-0.05, 0) is 57.8 Å². The van der Waals surface area contributed by atoms with Crippen LogP contribution < -0.4 is 0 Å². The van der Waals surface area contributed by atoms with Gasteiger partial charge in [-0.2, -0.15) is 0 Å². The molecular formula is C62H112O6. The largest absolute Gasteiger partial charge is 0.462 e. The lowest BCUT2D eigenvalue weighted by Crippen LogP contribution is -2.30. The van der Waals surface area contributed by atoms with Gasteiger partial charge in [0.05, 0.1) is 0 Å². The van der Waals surface area contributed by atoms with Crippen molar-refractivity contribution in [3.63, 3.8) is 0 Å². The highest BCUT2D eigenvalue weighted by Crippen LogP contribution is 2.17. The SMILES string of the molecule is CC/C=C\C/C=C\C/C=C\C/C=C\CCCCCCCCCCCCC(=O)OCC(COC(=O)CCCCCCCCCCCCC)OC(=O)CCCCCCCCCCCCCCCCCC. The summed E-state index contributed by atoms with van der Waals surface area (Å²) < 4.78 is 16.9. The zero-order chi connectivity index (χ0) is 49.3. The van der Waals surface area contributed by atoms with Crippen molar-refractivity contribution >= 4 is 17.9 Å². The average molecular weight is 954 g/mol. The first-order valence-electron chi connectivity index (χ1n) is 29.6. The van der Waals surface area contributed by atoms with E-state index in [1.54, 1.807) is 0 Å². The van der Waals surface area contributed by atoms with Crippen molar-refractivity contribution < 1.29 is 28.6 Å². The number of carbonyl (C=O) groups excluding carboxylic acids is 3. The van der Waals surface area contributed by atoms with Crippen LogP contribution in [0.5, 0.6) is 0 Å². The summed E-state index contributed by atoms with van der Waals surface area (Å²) in [6.07, 6.45) is 69.6. The van der Waals surface area contributed by atoms with Crippen molar-refractivity contribution in [1.82, 2.24) is 0 Å². The van der Waals surface area contributed by atoms with E-state index in [9.17, 15) is 14.4 Å². The number of hydrogen-bond acceptors (Lipinski definition) is 6. The molecule has 0 saturated heterocycles. The summed E-state index contributed by atoms with van der Waals surface area (Å²) in [4.78, 5) is 38.1. The molecule has 68 heavy (non-hydrogen) atoms. The third kappa shape index (κ3) is 54.3. The Hall–Kier alpha value is -2.63. The molecule has 0 aliphatic heterocycles. The van der Waals surface area contributed by atoms with Crippen molar-refractivity contribution in [1.29, 1.82) is 0 Å². The van der Waals surface area contributed by atoms with Gasteiger partial charge < -0.3 is 14.2 Å². The summed E-state index contributed by atoms with van der Waals surface area (Å²) >= 11 is 0. The predicted molar refractivity (Wildman–Crippen MR) is 293 cm³/mol. The smallest absolute Gasteiger partial charge is 0.306 e. The summed E-state index contributed by atoms with van der Waals surface area (Å²) in [7, 11) is 0. The molecule has 0 amide bonds. The highest BCUT2D eigenvalue weighted by Gasteiger charge is 2.19. The summed E-state index contributed by atoms with van der Waals surface area (Å²) in [6.45, 7) is 6.56. The van der Waals surface area contributed by atoms with E-state index in [4.69, 9.17) is 14.2 Å². The fourth-order valence-corrected chi connectivity index (χ4v) is 8.67. The minimum atomic E-state index is -0.770. The molecule has 0 aliphatic rings. The van der Waals surface area contributed by atoms with Crippen LogP contribution in [0.1, 0.15) is 310 Å². The molecule has 396 valence electrons. The fraction of sp³-hybridized carbons (Fsp3) is 0.823. The van der Waals surface area contributed by atoms with Gasteiger partial charge in [-0.15, -0.1) is 0 Å². The first-order chi connectivity index (χ1) is 33.5. The van der Waals surface area contributed by atoms with Crippen molar-refractivity contribution in [2.45, 2.75) is 316 Å². The second-order valence-corrected chi connectivity index (χ2v) is 19.9. The maximum atomic E-state index is 12.8. The lowest BCUT2D eigenvalue weighted by atomic mass is 10.0. The molecule has 0 radical (unpaired) electrons. The van der Waals surface area contributed by atoms with Gasteiger partial charge in [-0.25, -0.2) is 0 Å². The van der Waals surface area contributed by atoms with E-state index >= 15 is 0 Å². The molecule has 0 N–H and O–H groups in total. The van der Waals surface area contributed by atoms with Crippen molar-refractivity contribution in [2.24, 2.45) is 0 Å². The Bertz CT molecular complexity index is 1190. The maximum Gasteiger partial charge on any atom is 0.306 e. The van der Waals surface area contributed by atoms with Crippen LogP contribution in [0.3, 0.4) is 0 Å². The molecule has 1 atom stereocenters. The van der Waals surface area contributed by atoms with Crippen molar-refractivity contribution in [3.8, 4) is 0 Å². The summed E-state index contributed by atoms with van der Waals surface area (Å²) in [5.41, 5.74) is 0. The van der Waals surface area contributed by atoms with Gasteiger partial charge in [0.15, 0.2) is 6.10 Å². The van der Waals surface area contributed by atoms with E-state index < -0.39 is 6.10 Å². The number of esters is 3. The molecule has 0 fully saturated rings. The van der Waals surface area contributed by atoms with Crippen LogP contribution >= 0.6 is 0 Å². The van der Waals surface area contributed by atoms with E-state index in [0.717, 1.165) is 83.5 Å². The average Bonchev–Trinajstić information content (AvgIpc) is 3.34. The van der Waals surface area contributed by atoms with Crippen molar-refractivity contribution in [2.75, 3.05) is 13.2 Å². The zero-order valence-electron chi connectivity index (χ0n) is 45.4. The summed E-state index contributed by atoms with van der Waals surface area (Å²) in [5, 5.41) is 0. The Morgan fingerprint density at radius 2 is 0.574 bits per heavy atom. The standard InChI is InChI=1S/C62H112O6/c1-4-7-10-13-16-19-22-24-26-28-29-30-31-32-33-34-36-37-40-43-46-49-52-55-61(64)67-58-59(57-66-60(63)54-51-48-45-42-39-21-18-15-12-9-6-3)68-62(65)56-53-50-47-44-41-38-35-27-25-23-20-17-14-11-8-5-2/h7,10,16,19,24,26,29-30,59H,4-6,8-9,11-15,17-18,20-23,25,27-28,31-58H2,1-3H3/b10-7-,19-16-,26-24-,30-29-. The third-order valence-corrected chi connectivity index (χ3v) is 13.1. The van der Waals surface area contributed by atoms with Crippen LogP contribution in [0, 0.1) is 0 Å². The maximum absolute atomic E-state index is 12.8. The van der Waals surface area contributed by atoms with E-state index in [1.165, 1.54) is 186 Å². The summed E-state index contributed by atoms with van der Waals surface area (Å²) in [5.74, 6) is -0.857. The number of carbonyl (C=O) groups is 3. The van der Waals surface area contributed by atoms with Crippen molar-refractivity contribution in [3.05, 3.63) is 48.6 Å². The van der Waals surface area contributed by atoms with Gasteiger partial charge in [-0.1, -0.05) is 281 Å². The van der Waals surface area contributed by atoms with E-state index in [-0.39, 0.29) is 31.1 Å². The van der Waals surface area contributed by atoms with Gasteiger partial charge in [0.1, 0.15) is 13.2 Å². The molecule has 0 aliphatic carbocycles. The Balaban J connectivity index is 4.26. The number of ether oxygens (including phenoxy) is 3. The molecule has 1 unspecified atom stereocenters. The van der Waals surface area contributed by atoms with Crippen LogP contribution in [-0.2, 0) is 28.6 Å². The molecule has 0 aromatic carbocycles. The Labute approximate surface area is 422 Å². The molecule has 0 saturated carbocycles. The molecule has 6 heteroatoms. The van der Waals surface area contributed by atoms with Crippen LogP contribution in [0.25, 0.3) is 0 Å². The lowest BCUT2D eigenvalue weighted by molar-refractivity contribution is -0.167. The predicted octanol–water partition coefficient (Wildman–Crippen LogP) is 19.8. The highest BCUT2D eigenvalue weighted by molar-refractivity contribution is 5.71. The molecule has 0 aromatic heterocycles. The number of hydrogen-bond donors (Lipinski definition) is 0. The van der Waals surface area contributed by atoms with Gasteiger partial charge in [0.2, 0.25) is 0 Å².